The Bertz CT molecular complexity index is 872. The number of benzene rings is 1. The van der Waals surface area contributed by atoms with Crippen LogP contribution in [0.5, 0.6) is 0 Å². The van der Waals surface area contributed by atoms with Gasteiger partial charge in [-0.1, -0.05) is 31.2 Å². The lowest BCUT2D eigenvalue weighted by Gasteiger charge is -2.30. The van der Waals surface area contributed by atoms with Crippen LogP contribution in [0.2, 0.25) is 0 Å². The number of amides is 2. The average molecular weight is 397 g/mol. The Hall–Kier alpha value is -3.06. The number of hydrogen-bond donors (Lipinski definition) is 2. The third-order valence-electron chi connectivity index (χ3n) is 4.79. The Morgan fingerprint density at radius 2 is 1.86 bits per heavy atom. The fraction of sp³-hybridized carbons (Fsp3) is 0.364. The van der Waals surface area contributed by atoms with E-state index in [1.165, 1.54) is 11.8 Å². The second kappa shape index (κ2) is 9.43. The molecule has 0 unspecified atom stereocenters. The Morgan fingerprint density at radius 1 is 1.14 bits per heavy atom. The van der Waals surface area contributed by atoms with Gasteiger partial charge < -0.3 is 19.8 Å². The zero-order valence-corrected chi connectivity index (χ0v) is 17.0. The van der Waals surface area contributed by atoms with Gasteiger partial charge in [0.15, 0.2) is 0 Å². The van der Waals surface area contributed by atoms with Crippen LogP contribution in [0, 0.1) is 0 Å². The number of ether oxygens (including phenoxy) is 1. The number of nitrogens with one attached hydrogen (secondary N) is 2. The molecule has 2 N–H and O–H groups in total. The minimum atomic E-state index is -0.690. The zero-order chi connectivity index (χ0) is 20.8. The summed E-state index contributed by atoms with van der Waals surface area (Å²) in [6.07, 6.45) is 2.51. The highest BCUT2D eigenvalue weighted by molar-refractivity contribution is 5.95. The van der Waals surface area contributed by atoms with Crippen molar-refractivity contribution in [1.29, 1.82) is 0 Å². The number of aryl methyl sites for hydroxylation is 1. The molecule has 7 heteroatoms. The highest BCUT2D eigenvalue weighted by atomic mass is 16.5. The van der Waals surface area contributed by atoms with Crippen LogP contribution in [0.25, 0.3) is 0 Å². The number of carbonyl (C=O) groups is 2. The average Bonchev–Trinajstić information content (AvgIpc) is 3.23. The topological polar surface area (TPSA) is 83.8 Å². The van der Waals surface area contributed by atoms with Gasteiger partial charge in [0.05, 0.1) is 18.4 Å². The van der Waals surface area contributed by atoms with E-state index < -0.39 is 12.0 Å². The lowest BCUT2D eigenvalue weighted by Crippen LogP contribution is -2.48. The van der Waals surface area contributed by atoms with E-state index in [2.05, 4.69) is 41.8 Å². The van der Waals surface area contributed by atoms with Crippen LogP contribution in [0.4, 0.5) is 4.79 Å². The van der Waals surface area contributed by atoms with Crippen LogP contribution in [0.15, 0.2) is 58.3 Å². The quantitative estimate of drug-likeness (QED) is 0.669. The van der Waals surface area contributed by atoms with Crippen molar-refractivity contribution in [3.8, 4) is 0 Å². The number of carbonyl (C=O) groups excluding carboxylic acids is 2. The summed E-state index contributed by atoms with van der Waals surface area (Å²) in [4.78, 5) is 27.0. The minimum absolute atomic E-state index is 0.244. The van der Waals surface area contributed by atoms with Gasteiger partial charge in [0.25, 0.3) is 0 Å². The maximum absolute atomic E-state index is 12.7. The fourth-order valence-electron chi connectivity index (χ4n) is 3.38. The van der Waals surface area contributed by atoms with Crippen molar-refractivity contribution in [2.75, 3.05) is 20.2 Å². The molecule has 29 heavy (non-hydrogen) atoms. The van der Waals surface area contributed by atoms with Crippen molar-refractivity contribution in [1.82, 2.24) is 15.5 Å². The summed E-state index contributed by atoms with van der Waals surface area (Å²) in [7, 11) is 1.94. The summed E-state index contributed by atoms with van der Waals surface area (Å²) in [6.45, 7) is 5.18. The lowest BCUT2D eigenvalue weighted by atomic mass is 9.99. The van der Waals surface area contributed by atoms with Gasteiger partial charge in [0, 0.05) is 18.8 Å². The third kappa shape index (κ3) is 5.06. The first-order valence-corrected chi connectivity index (χ1v) is 9.79. The maximum atomic E-state index is 12.7. The highest BCUT2D eigenvalue weighted by Crippen LogP contribution is 2.28. The van der Waals surface area contributed by atoms with Crippen LogP contribution >= 0.6 is 0 Å². The summed E-state index contributed by atoms with van der Waals surface area (Å²) in [6, 6.07) is 10.8. The smallest absolute Gasteiger partial charge is 0.338 e. The number of furan rings is 1. The summed E-state index contributed by atoms with van der Waals surface area (Å²) in [5, 5.41) is 5.53. The first-order valence-electron chi connectivity index (χ1n) is 9.79. The van der Waals surface area contributed by atoms with Gasteiger partial charge in [0.2, 0.25) is 0 Å². The molecule has 7 nitrogen and oxygen atoms in total. The van der Waals surface area contributed by atoms with E-state index in [1.54, 1.807) is 19.1 Å². The SMILES string of the molecule is CCOC(=O)C1=C(CN(C)Cc2ccc(CC)cc2)NC(=O)N[C@H]1c1ccco1. The van der Waals surface area contributed by atoms with E-state index in [4.69, 9.17) is 9.15 Å². The predicted molar refractivity (Wildman–Crippen MR) is 109 cm³/mol. The normalized spacial score (nSPS) is 16.6. The number of hydrogen-bond acceptors (Lipinski definition) is 5. The summed E-state index contributed by atoms with van der Waals surface area (Å²) < 4.78 is 10.7. The minimum Gasteiger partial charge on any atom is -0.467 e. The first-order chi connectivity index (χ1) is 14.0. The second-order valence-corrected chi connectivity index (χ2v) is 7.00. The van der Waals surface area contributed by atoms with Crippen molar-refractivity contribution in [2.24, 2.45) is 0 Å². The molecule has 1 aliphatic rings. The largest absolute Gasteiger partial charge is 0.467 e. The van der Waals surface area contributed by atoms with Gasteiger partial charge in [0.1, 0.15) is 11.8 Å². The number of urea groups is 1. The molecule has 0 saturated carbocycles. The molecule has 154 valence electrons. The maximum Gasteiger partial charge on any atom is 0.338 e. The molecule has 0 bridgehead atoms. The van der Waals surface area contributed by atoms with Crippen molar-refractivity contribution in [3.05, 3.63) is 70.8 Å². The Balaban J connectivity index is 1.85. The standard InChI is InChI=1S/C22H27N3O4/c1-4-15-8-10-16(11-9-15)13-25(3)14-17-19(21(26)28-5-2)20(24-22(27)23-17)18-7-6-12-29-18/h6-12,20H,4-5,13-14H2,1-3H3,(H2,23,24,27)/t20-/m0/s1. The number of likely N-dealkylation sites (N-methyl/N-ethyl adjacent to an activating group) is 1. The molecule has 2 heterocycles. The van der Waals surface area contributed by atoms with Gasteiger partial charge in [-0.3, -0.25) is 4.90 Å². The molecule has 0 spiro atoms. The van der Waals surface area contributed by atoms with Crippen LogP contribution in [-0.2, 0) is 22.5 Å². The molecule has 1 atom stereocenters. The number of nitrogens with zero attached hydrogens (tertiary/aromatic N) is 1. The zero-order valence-electron chi connectivity index (χ0n) is 17.0. The van der Waals surface area contributed by atoms with E-state index in [-0.39, 0.29) is 12.6 Å². The Kier molecular flexibility index (Phi) is 6.72. The Labute approximate surface area is 170 Å². The summed E-state index contributed by atoms with van der Waals surface area (Å²) in [5.74, 6) is 0.00955. The molecule has 0 fully saturated rings. The predicted octanol–water partition coefficient (Wildman–Crippen LogP) is 3.15. The molecule has 2 amide bonds. The van der Waals surface area contributed by atoms with Crippen molar-refractivity contribution in [2.45, 2.75) is 32.9 Å². The van der Waals surface area contributed by atoms with Crippen molar-refractivity contribution in [3.63, 3.8) is 0 Å². The fourth-order valence-corrected chi connectivity index (χ4v) is 3.38. The highest BCUT2D eigenvalue weighted by Gasteiger charge is 2.35. The molecule has 1 aliphatic heterocycles. The molecule has 1 aromatic heterocycles. The molecule has 2 aromatic rings. The van der Waals surface area contributed by atoms with Gasteiger partial charge in [-0.2, -0.15) is 0 Å². The summed E-state index contributed by atoms with van der Waals surface area (Å²) >= 11 is 0. The Morgan fingerprint density at radius 3 is 2.48 bits per heavy atom. The molecular formula is C22H27N3O4. The molecular weight excluding hydrogens is 370 g/mol. The van der Waals surface area contributed by atoms with Crippen LogP contribution in [0.3, 0.4) is 0 Å². The van der Waals surface area contributed by atoms with Gasteiger partial charge in [-0.15, -0.1) is 0 Å². The van der Waals surface area contributed by atoms with E-state index in [0.717, 1.165) is 12.0 Å². The molecule has 0 saturated heterocycles. The van der Waals surface area contributed by atoms with Crippen LogP contribution in [-0.4, -0.2) is 37.1 Å². The van der Waals surface area contributed by atoms with Crippen molar-refractivity contribution < 1.29 is 18.7 Å². The number of rotatable bonds is 8. The van der Waals surface area contributed by atoms with E-state index in [1.807, 2.05) is 11.9 Å². The van der Waals surface area contributed by atoms with E-state index >= 15 is 0 Å². The molecule has 3 rings (SSSR count). The monoisotopic (exact) mass is 397 g/mol. The van der Waals surface area contributed by atoms with E-state index in [9.17, 15) is 9.59 Å². The lowest BCUT2D eigenvalue weighted by molar-refractivity contribution is -0.139. The second-order valence-electron chi connectivity index (χ2n) is 7.00. The molecule has 0 aliphatic carbocycles. The third-order valence-corrected chi connectivity index (χ3v) is 4.79. The van der Waals surface area contributed by atoms with Gasteiger partial charge in [-0.05, 0) is 43.7 Å². The van der Waals surface area contributed by atoms with Gasteiger partial charge in [-0.25, -0.2) is 9.59 Å². The number of esters is 1. The first kappa shape index (κ1) is 20.7. The van der Waals surface area contributed by atoms with E-state index in [0.29, 0.717) is 30.1 Å². The molecule has 1 aromatic carbocycles. The summed E-state index contributed by atoms with van der Waals surface area (Å²) in [5.41, 5.74) is 3.32. The van der Waals surface area contributed by atoms with Crippen LogP contribution < -0.4 is 10.6 Å². The van der Waals surface area contributed by atoms with Gasteiger partial charge >= 0.3 is 12.0 Å². The van der Waals surface area contributed by atoms with Crippen molar-refractivity contribution >= 4 is 12.0 Å². The van der Waals surface area contributed by atoms with Crippen LogP contribution in [0.1, 0.15) is 36.8 Å². The molecule has 0 radical (unpaired) electrons.